The van der Waals surface area contributed by atoms with Gasteiger partial charge in [0, 0.05) is 35.5 Å². The Labute approximate surface area is 121 Å². The topological polar surface area (TPSA) is 67.5 Å². The normalized spacial score (nSPS) is 17.7. The Bertz CT molecular complexity index is 428. The molecule has 0 amide bonds. The summed E-state index contributed by atoms with van der Waals surface area (Å²) in [4.78, 5) is 0. The summed E-state index contributed by atoms with van der Waals surface area (Å²) >= 11 is 0. The van der Waals surface area contributed by atoms with Crippen molar-refractivity contribution in [3.05, 3.63) is 18.2 Å². The number of benzene rings is 1. The van der Waals surface area contributed by atoms with Crippen molar-refractivity contribution in [3.8, 4) is 5.75 Å². The molecule has 1 aromatic rings. The smallest absolute Gasteiger partial charge is 0.123 e. The molecule has 20 heavy (non-hydrogen) atoms. The van der Waals surface area contributed by atoms with Crippen LogP contribution in [-0.2, 0) is 0 Å². The number of anilines is 2. The largest absolute Gasteiger partial charge is 0.494 e. The fourth-order valence-electron chi connectivity index (χ4n) is 2.96. The van der Waals surface area contributed by atoms with Crippen molar-refractivity contribution in [1.82, 2.24) is 0 Å². The van der Waals surface area contributed by atoms with Crippen LogP contribution in [0, 0.1) is 5.41 Å². The number of rotatable bonds is 6. The van der Waals surface area contributed by atoms with Crippen LogP contribution in [0.15, 0.2) is 18.2 Å². The zero-order valence-corrected chi connectivity index (χ0v) is 12.3. The van der Waals surface area contributed by atoms with Gasteiger partial charge in [-0.1, -0.05) is 19.3 Å². The average molecular weight is 278 g/mol. The van der Waals surface area contributed by atoms with Crippen molar-refractivity contribution in [2.45, 2.75) is 39.0 Å². The molecule has 0 spiro atoms. The molecule has 2 rings (SSSR count). The minimum Gasteiger partial charge on any atom is -0.494 e. The Morgan fingerprint density at radius 2 is 2.00 bits per heavy atom. The van der Waals surface area contributed by atoms with E-state index < -0.39 is 0 Å². The molecule has 0 saturated heterocycles. The van der Waals surface area contributed by atoms with Gasteiger partial charge in [-0.15, -0.1) is 0 Å². The number of aliphatic hydroxyl groups is 1. The molecular formula is C16H26N2O2. The van der Waals surface area contributed by atoms with Gasteiger partial charge < -0.3 is 20.9 Å². The zero-order valence-electron chi connectivity index (χ0n) is 12.3. The number of hydrogen-bond acceptors (Lipinski definition) is 4. The standard InChI is InChI=1S/C16H26N2O2/c1-2-20-15-9-13(17)8-14(10-15)18-11-16(12-19)6-4-3-5-7-16/h8-10,18-19H,2-7,11-12,17H2,1H3. The third-order valence-corrected chi connectivity index (χ3v) is 4.16. The molecule has 0 unspecified atom stereocenters. The van der Waals surface area contributed by atoms with Crippen LogP contribution in [0.4, 0.5) is 11.4 Å². The average Bonchev–Trinajstić information content (AvgIpc) is 2.46. The first-order valence-electron chi connectivity index (χ1n) is 7.55. The lowest BCUT2D eigenvalue weighted by Gasteiger charge is -2.36. The van der Waals surface area contributed by atoms with E-state index in [9.17, 15) is 5.11 Å². The highest BCUT2D eigenvalue weighted by atomic mass is 16.5. The number of ether oxygens (including phenoxy) is 1. The van der Waals surface area contributed by atoms with Gasteiger partial charge in [0.1, 0.15) is 5.75 Å². The second-order valence-electron chi connectivity index (χ2n) is 5.80. The van der Waals surface area contributed by atoms with Crippen LogP contribution in [0.3, 0.4) is 0 Å². The Hall–Kier alpha value is -1.42. The molecule has 0 heterocycles. The molecule has 0 aromatic heterocycles. The molecule has 1 aliphatic carbocycles. The SMILES string of the molecule is CCOc1cc(N)cc(NCC2(CO)CCCCC2)c1. The molecule has 0 atom stereocenters. The minimum absolute atomic E-state index is 0.0225. The van der Waals surface area contributed by atoms with Gasteiger partial charge in [-0.2, -0.15) is 0 Å². The molecule has 4 nitrogen and oxygen atoms in total. The molecule has 0 bridgehead atoms. The first-order chi connectivity index (χ1) is 9.67. The molecule has 4 N–H and O–H groups in total. The summed E-state index contributed by atoms with van der Waals surface area (Å²) in [6, 6.07) is 5.71. The van der Waals surface area contributed by atoms with Crippen LogP contribution in [0.2, 0.25) is 0 Å². The molecule has 112 valence electrons. The van der Waals surface area contributed by atoms with Crippen molar-refractivity contribution in [2.75, 3.05) is 30.8 Å². The summed E-state index contributed by atoms with van der Waals surface area (Å²) in [5, 5.41) is 13.1. The number of nitrogens with one attached hydrogen (secondary N) is 1. The Morgan fingerprint density at radius 1 is 1.25 bits per heavy atom. The van der Waals surface area contributed by atoms with Crippen molar-refractivity contribution in [1.29, 1.82) is 0 Å². The maximum atomic E-state index is 9.72. The van der Waals surface area contributed by atoms with Crippen LogP contribution in [0.25, 0.3) is 0 Å². The van der Waals surface area contributed by atoms with Crippen LogP contribution in [0.5, 0.6) is 5.75 Å². The van der Waals surface area contributed by atoms with E-state index in [0.717, 1.165) is 30.8 Å². The van der Waals surface area contributed by atoms with Crippen molar-refractivity contribution in [2.24, 2.45) is 5.41 Å². The van der Waals surface area contributed by atoms with Gasteiger partial charge in [-0.05, 0) is 25.8 Å². The number of nitrogens with two attached hydrogens (primary N) is 1. The molecule has 0 aliphatic heterocycles. The first-order valence-corrected chi connectivity index (χ1v) is 7.55. The Kier molecular flexibility index (Phi) is 5.12. The highest BCUT2D eigenvalue weighted by molar-refractivity contribution is 5.59. The summed E-state index contributed by atoms with van der Waals surface area (Å²) in [5.41, 5.74) is 7.58. The van der Waals surface area contributed by atoms with E-state index in [1.54, 1.807) is 0 Å². The van der Waals surface area contributed by atoms with Crippen molar-refractivity contribution >= 4 is 11.4 Å². The molecule has 1 fully saturated rings. The molecular weight excluding hydrogens is 252 g/mol. The Balaban J connectivity index is 2.02. The van der Waals surface area contributed by atoms with E-state index >= 15 is 0 Å². The number of aliphatic hydroxyl groups excluding tert-OH is 1. The maximum absolute atomic E-state index is 9.72. The second kappa shape index (κ2) is 6.84. The lowest BCUT2D eigenvalue weighted by molar-refractivity contribution is 0.0944. The van der Waals surface area contributed by atoms with Gasteiger partial charge in [0.25, 0.3) is 0 Å². The lowest BCUT2D eigenvalue weighted by Crippen LogP contribution is -2.35. The van der Waals surface area contributed by atoms with Gasteiger partial charge in [0.05, 0.1) is 13.2 Å². The summed E-state index contributed by atoms with van der Waals surface area (Å²) < 4.78 is 5.50. The second-order valence-corrected chi connectivity index (χ2v) is 5.80. The highest BCUT2D eigenvalue weighted by Crippen LogP contribution is 2.36. The highest BCUT2D eigenvalue weighted by Gasteiger charge is 2.31. The molecule has 4 heteroatoms. The van der Waals surface area contributed by atoms with Crippen LogP contribution >= 0.6 is 0 Å². The van der Waals surface area contributed by atoms with E-state index in [2.05, 4.69) is 5.32 Å². The molecule has 1 aliphatic rings. The monoisotopic (exact) mass is 278 g/mol. The van der Waals surface area contributed by atoms with Gasteiger partial charge in [0.15, 0.2) is 0 Å². The summed E-state index contributed by atoms with van der Waals surface area (Å²) in [5.74, 6) is 0.789. The van der Waals surface area contributed by atoms with E-state index in [-0.39, 0.29) is 12.0 Å². The van der Waals surface area contributed by atoms with Gasteiger partial charge >= 0.3 is 0 Å². The minimum atomic E-state index is 0.0225. The maximum Gasteiger partial charge on any atom is 0.123 e. The fourth-order valence-corrected chi connectivity index (χ4v) is 2.96. The van der Waals surface area contributed by atoms with E-state index in [4.69, 9.17) is 10.5 Å². The molecule has 1 aromatic carbocycles. The first kappa shape index (κ1) is 15.0. The van der Waals surface area contributed by atoms with Crippen LogP contribution in [0.1, 0.15) is 39.0 Å². The van der Waals surface area contributed by atoms with Gasteiger partial charge in [-0.25, -0.2) is 0 Å². The third kappa shape index (κ3) is 3.79. The van der Waals surface area contributed by atoms with E-state index in [0.29, 0.717) is 12.3 Å². The van der Waals surface area contributed by atoms with Gasteiger partial charge in [0.2, 0.25) is 0 Å². The van der Waals surface area contributed by atoms with E-state index in [1.165, 1.54) is 19.3 Å². The summed E-state index contributed by atoms with van der Waals surface area (Å²) in [6.45, 7) is 3.63. The van der Waals surface area contributed by atoms with Crippen molar-refractivity contribution < 1.29 is 9.84 Å². The Morgan fingerprint density at radius 3 is 2.65 bits per heavy atom. The van der Waals surface area contributed by atoms with Crippen LogP contribution in [-0.4, -0.2) is 24.9 Å². The number of hydrogen-bond donors (Lipinski definition) is 3. The summed E-state index contributed by atoms with van der Waals surface area (Å²) in [7, 11) is 0. The predicted octanol–water partition coefficient (Wildman–Crippen LogP) is 3.02. The molecule has 0 radical (unpaired) electrons. The summed E-state index contributed by atoms with van der Waals surface area (Å²) in [6.07, 6.45) is 5.90. The zero-order chi connectivity index (χ0) is 14.4. The number of nitrogen functional groups attached to an aromatic ring is 1. The van der Waals surface area contributed by atoms with Crippen LogP contribution < -0.4 is 15.8 Å². The van der Waals surface area contributed by atoms with E-state index in [1.807, 2.05) is 25.1 Å². The quantitative estimate of drug-likeness (QED) is 0.700. The predicted molar refractivity (Wildman–Crippen MR) is 83.1 cm³/mol. The molecule has 1 saturated carbocycles. The lowest BCUT2D eigenvalue weighted by atomic mass is 9.74. The van der Waals surface area contributed by atoms with Gasteiger partial charge in [-0.3, -0.25) is 0 Å². The third-order valence-electron chi connectivity index (χ3n) is 4.16. The van der Waals surface area contributed by atoms with Crippen molar-refractivity contribution in [3.63, 3.8) is 0 Å². The fraction of sp³-hybridized carbons (Fsp3) is 0.625.